The molecule has 2 aromatic carbocycles. The zero-order valence-electron chi connectivity index (χ0n) is 15.2. The molecule has 9 heteroatoms. The molecule has 2 rings (SSSR count). The van der Waals surface area contributed by atoms with E-state index in [-0.39, 0.29) is 10.5 Å². The number of anilines is 1. The van der Waals surface area contributed by atoms with Gasteiger partial charge in [-0.05, 0) is 48.4 Å². The normalized spacial score (nSPS) is 11.4. The Bertz CT molecular complexity index is 1010. The number of benzene rings is 2. The highest BCUT2D eigenvalue weighted by Crippen LogP contribution is 2.14. The fourth-order valence-electron chi connectivity index (χ4n) is 2.29. The average Bonchev–Trinajstić information content (AvgIpc) is 2.68. The number of carbonyl (C=O) groups excluding carboxylic acids is 1. The first-order valence-corrected chi connectivity index (χ1v) is 9.79. The molecule has 8 nitrogen and oxygen atoms in total. The summed E-state index contributed by atoms with van der Waals surface area (Å²) in [7, 11) is -2.21. The van der Waals surface area contributed by atoms with E-state index < -0.39 is 15.9 Å². The molecule has 0 fully saturated rings. The van der Waals surface area contributed by atoms with Crippen molar-refractivity contribution in [2.75, 3.05) is 19.0 Å². The zero-order chi connectivity index (χ0) is 20.6. The van der Waals surface area contributed by atoms with E-state index in [0.29, 0.717) is 18.7 Å². The topological polar surface area (TPSA) is 134 Å². The Hall–Kier alpha value is -3.35. The monoisotopic (exact) mass is 400 g/mol. The van der Waals surface area contributed by atoms with Crippen LogP contribution < -0.4 is 20.5 Å². The number of nitrogens with zero attached hydrogens (tertiary/aromatic N) is 1. The van der Waals surface area contributed by atoms with Crippen LogP contribution in [0.4, 0.5) is 5.69 Å². The lowest BCUT2D eigenvalue weighted by Crippen LogP contribution is -2.18. The lowest BCUT2D eigenvalue weighted by Gasteiger charge is -2.07. The molecule has 28 heavy (non-hydrogen) atoms. The predicted molar refractivity (Wildman–Crippen MR) is 105 cm³/mol. The molecule has 0 unspecified atom stereocenters. The van der Waals surface area contributed by atoms with Crippen molar-refractivity contribution in [1.29, 1.82) is 5.26 Å². The summed E-state index contributed by atoms with van der Waals surface area (Å²) in [6.45, 7) is 0.523. The summed E-state index contributed by atoms with van der Waals surface area (Å²) in [5.41, 5.74) is 1.29. The molecule has 0 radical (unpaired) electrons. The minimum absolute atomic E-state index is 0.0687. The Morgan fingerprint density at radius 1 is 1.25 bits per heavy atom. The second-order valence-electron chi connectivity index (χ2n) is 5.75. The van der Waals surface area contributed by atoms with Crippen molar-refractivity contribution in [1.82, 2.24) is 5.32 Å². The SMILES string of the molecule is COc1cccc(CCN/C=C(/C#N)C(=O)Nc2ccc(S(N)(=O)=O)cc2)c1. The Labute approximate surface area is 163 Å². The van der Waals surface area contributed by atoms with E-state index in [1.54, 1.807) is 7.11 Å². The van der Waals surface area contributed by atoms with Gasteiger partial charge in [-0.3, -0.25) is 4.79 Å². The molecule has 2 aromatic rings. The summed E-state index contributed by atoms with van der Waals surface area (Å²) in [6, 6.07) is 14.8. The Morgan fingerprint density at radius 3 is 2.57 bits per heavy atom. The Kier molecular flexibility index (Phi) is 7.14. The van der Waals surface area contributed by atoms with E-state index in [9.17, 15) is 18.5 Å². The van der Waals surface area contributed by atoms with Gasteiger partial charge < -0.3 is 15.4 Å². The van der Waals surface area contributed by atoms with Crippen LogP contribution in [0.15, 0.2) is 65.2 Å². The fraction of sp³-hybridized carbons (Fsp3) is 0.158. The minimum Gasteiger partial charge on any atom is -0.497 e. The first kappa shape index (κ1) is 21.0. The maximum absolute atomic E-state index is 12.2. The van der Waals surface area contributed by atoms with Gasteiger partial charge in [-0.1, -0.05) is 12.1 Å². The zero-order valence-corrected chi connectivity index (χ0v) is 16.0. The highest BCUT2D eigenvalue weighted by molar-refractivity contribution is 7.89. The maximum Gasteiger partial charge on any atom is 0.267 e. The van der Waals surface area contributed by atoms with Crippen molar-refractivity contribution in [3.05, 3.63) is 65.9 Å². The van der Waals surface area contributed by atoms with E-state index in [1.165, 1.54) is 30.5 Å². The summed E-state index contributed by atoms with van der Waals surface area (Å²) < 4.78 is 27.6. The lowest BCUT2D eigenvalue weighted by molar-refractivity contribution is -0.112. The fourth-order valence-corrected chi connectivity index (χ4v) is 2.81. The van der Waals surface area contributed by atoms with Gasteiger partial charge in [0, 0.05) is 18.4 Å². The van der Waals surface area contributed by atoms with Crippen molar-refractivity contribution in [3.63, 3.8) is 0 Å². The molecule has 0 saturated carbocycles. The van der Waals surface area contributed by atoms with Crippen molar-refractivity contribution < 1.29 is 17.9 Å². The molecule has 0 saturated heterocycles. The smallest absolute Gasteiger partial charge is 0.267 e. The number of nitrogens with two attached hydrogens (primary N) is 1. The van der Waals surface area contributed by atoms with Crippen LogP contribution in [0, 0.1) is 11.3 Å². The van der Waals surface area contributed by atoms with Gasteiger partial charge in [-0.15, -0.1) is 0 Å². The van der Waals surface area contributed by atoms with Crippen molar-refractivity contribution in [2.24, 2.45) is 5.14 Å². The molecular weight excluding hydrogens is 380 g/mol. The third kappa shape index (κ3) is 6.12. The number of sulfonamides is 1. The number of amides is 1. The van der Waals surface area contributed by atoms with Crippen LogP contribution in [0.3, 0.4) is 0 Å². The molecule has 0 bridgehead atoms. The van der Waals surface area contributed by atoms with Gasteiger partial charge in [-0.2, -0.15) is 5.26 Å². The Morgan fingerprint density at radius 2 is 1.96 bits per heavy atom. The number of hydrogen-bond acceptors (Lipinski definition) is 6. The van der Waals surface area contributed by atoms with Crippen LogP contribution >= 0.6 is 0 Å². The lowest BCUT2D eigenvalue weighted by atomic mass is 10.1. The second kappa shape index (κ2) is 9.55. The quantitative estimate of drug-likeness (QED) is 0.349. The number of nitrogens with one attached hydrogen (secondary N) is 2. The van der Waals surface area contributed by atoms with E-state index in [0.717, 1.165) is 11.3 Å². The van der Waals surface area contributed by atoms with E-state index in [1.807, 2.05) is 30.3 Å². The summed E-state index contributed by atoms with van der Waals surface area (Å²) in [4.78, 5) is 12.1. The largest absolute Gasteiger partial charge is 0.497 e. The number of nitriles is 1. The molecule has 0 aliphatic heterocycles. The molecule has 0 atom stereocenters. The van der Waals surface area contributed by atoms with E-state index in [4.69, 9.17) is 9.88 Å². The number of ether oxygens (including phenoxy) is 1. The van der Waals surface area contributed by atoms with Gasteiger partial charge in [0.15, 0.2) is 0 Å². The van der Waals surface area contributed by atoms with Crippen molar-refractivity contribution in [2.45, 2.75) is 11.3 Å². The predicted octanol–water partition coefficient (Wildman–Crippen LogP) is 1.52. The number of primary sulfonamides is 1. The van der Waals surface area contributed by atoms with Crippen molar-refractivity contribution >= 4 is 21.6 Å². The summed E-state index contributed by atoms with van der Waals surface area (Å²) in [5.74, 6) is 0.151. The molecule has 0 aliphatic carbocycles. The van der Waals surface area contributed by atoms with Gasteiger partial charge in [-0.25, -0.2) is 13.6 Å². The van der Waals surface area contributed by atoms with E-state index >= 15 is 0 Å². The highest BCUT2D eigenvalue weighted by Gasteiger charge is 2.11. The molecular formula is C19H20N4O4S. The summed E-state index contributed by atoms with van der Waals surface area (Å²) in [6.07, 6.45) is 2.03. The summed E-state index contributed by atoms with van der Waals surface area (Å²) in [5, 5.41) is 19.7. The van der Waals surface area contributed by atoms with Crippen LogP contribution in [0.25, 0.3) is 0 Å². The van der Waals surface area contributed by atoms with Crippen LogP contribution in [0.5, 0.6) is 5.75 Å². The van der Waals surface area contributed by atoms with Gasteiger partial charge >= 0.3 is 0 Å². The first-order chi connectivity index (χ1) is 13.3. The standard InChI is InChI=1S/C19H20N4O4S/c1-27-17-4-2-3-14(11-17)9-10-22-13-15(12-20)19(24)23-16-5-7-18(8-6-16)28(21,25)26/h2-8,11,13,22H,9-10H2,1H3,(H,23,24)(H2,21,25,26)/b15-13-. The second-order valence-corrected chi connectivity index (χ2v) is 7.31. The molecule has 0 aliphatic rings. The van der Waals surface area contributed by atoms with Crippen molar-refractivity contribution in [3.8, 4) is 11.8 Å². The molecule has 0 heterocycles. The average molecular weight is 400 g/mol. The van der Waals surface area contributed by atoms with Crippen LogP contribution in [0.2, 0.25) is 0 Å². The van der Waals surface area contributed by atoms with Crippen LogP contribution in [-0.4, -0.2) is 28.0 Å². The third-order valence-corrected chi connectivity index (χ3v) is 4.67. The number of carbonyl (C=O) groups is 1. The van der Waals surface area contributed by atoms with E-state index in [2.05, 4.69) is 10.6 Å². The number of rotatable bonds is 8. The van der Waals surface area contributed by atoms with Gasteiger partial charge in [0.1, 0.15) is 17.4 Å². The number of methoxy groups -OCH3 is 1. The van der Waals surface area contributed by atoms with Crippen LogP contribution in [-0.2, 0) is 21.2 Å². The Balaban J connectivity index is 1.92. The molecule has 0 spiro atoms. The van der Waals surface area contributed by atoms with Crippen LogP contribution in [0.1, 0.15) is 5.56 Å². The summed E-state index contributed by atoms with van der Waals surface area (Å²) >= 11 is 0. The maximum atomic E-state index is 12.2. The first-order valence-electron chi connectivity index (χ1n) is 8.24. The van der Waals surface area contributed by atoms with Gasteiger partial charge in [0.2, 0.25) is 10.0 Å². The van der Waals surface area contributed by atoms with Gasteiger partial charge in [0.25, 0.3) is 5.91 Å². The highest BCUT2D eigenvalue weighted by atomic mass is 32.2. The molecule has 0 aromatic heterocycles. The molecule has 146 valence electrons. The third-order valence-electron chi connectivity index (χ3n) is 3.74. The molecule has 4 N–H and O–H groups in total. The molecule has 1 amide bonds. The van der Waals surface area contributed by atoms with Gasteiger partial charge in [0.05, 0.1) is 12.0 Å². The number of hydrogen-bond donors (Lipinski definition) is 3. The minimum atomic E-state index is -3.81.